The maximum absolute atomic E-state index is 6.56. The summed E-state index contributed by atoms with van der Waals surface area (Å²) in [5.74, 6) is 3.66. The number of ether oxygens (including phenoxy) is 6. The molecule has 0 saturated carbocycles. The third-order valence-corrected chi connectivity index (χ3v) is 7.80. The van der Waals surface area contributed by atoms with Crippen LogP contribution < -0.4 is 24.3 Å². The number of rotatable bonds is 14. The Morgan fingerprint density at radius 1 is 0.738 bits per heavy atom. The molecule has 222 valence electrons. The zero-order valence-electron chi connectivity index (χ0n) is 24.8. The number of hydrogen-bond donors (Lipinski definition) is 1. The summed E-state index contributed by atoms with van der Waals surface area (Å²) in [6.45, 7) is 3.95. The SMILES string of the molecule is COc1ccccc1COCCCOc1ccc(C2CCNCC2OCc2cc(OC)c3ccccc3c2OC)cc1. The fourth-order valence-electron chi connectivity index (χ4n) is 5.64. The lowest BCUT2D eigenvalue weighted by Gasteiger charge is -2.33. The average molecular weight is 572 g/mol. The van der Waals surface area contributed by atoms with Crippen LogP contribution in [-0.2, 0) is 22.7 Å². The van der Waals surface area contributed by atoms with Gasteiger partial charge in [0.25, 0.3) is 0 Å². The van der Waals surface area contributed by atoms with E-state index in [9.17, 15) is 0 Å². The van der Waals surface area contributed by atoms with E-state index in [-0.39, 0.29) is 12.0 Å². The molecule has 1 saturated heterocycles. The van der Waals surface area contributed by atoms with Gasteiger partial charge in [0.2, 0.25) is 0 Å². The van der Waals surface area contributed by atoms with Crippen LogP contribution in [0.25, 0.3) is 10.8 Å². The van der Waals surface area contributed by atoms with Crippen molar-refractivity contribution in [2.24, 2.45) is 0 Å². The minimum atomic E-state index is 0.0353. The van der Waals surface area contributed by atoms with E-state index < -0.39 is 0 Å². The van der Waals surface area contributed by atoms with Crippen LogP contribution in [-0.4, -0.2) is 53.7 Å². The summed E-state index contributed by atoms with van der Waals surface area (Å²) in [6.07, 6.45) is 1.85. The second-order valence-electron chi connectivity index (χ2n) is 10.4. The molecule has 42 heavy (non-hydrogen) atoms. The standard InChI is InChI=1S/C35H41NO6/c1-37-32-12-7-4-9-26(32)23-40-19-8-20-41-28-15-13-25(14-16-28)29-17-18-36-22-34(29)42-24-27-21-33(38-2)30-10-5-6-11-31(30)35(27)39-3/h4-7,9-16,21,29,34,36H,8,17-20,22-24H2,1-3H3. The highest BCUT2D eigenvalue weighted by Crippen LogP contribution is 2.38. The molecule has 0 spiro atoms. The zero-order valence-corrected chi connectivity index (χ0v) is 24.8. The van der Waals surface area contributed by atoms with E-state index in [0.717, 1.165) is 70.8 Å². The van der Waals surface area contributed by atoms with Gasteiger partial charge in [0.1, 0.15) is 23.0 Å². The Morgan fingerprint density at radius 3 is 2.29 bits per heavy atom. The highest BCUT2D eigenvalue weighted by molar-refractivity contribution is 5.94. The normalized spacial score (nSPS) is 16.7. The van der Waals surface area contributed by atoms with Gasteiger partial charge in [-0.15, -0.1) is 0 Å². The molecule has 1 aliphatic heterocycles. The van der Waals surface area contributed by atoms with Crippen molar-refractivity contribution in [2.45, 2.75) is 38.1 Å². The lowest BCUT2D eigenvalue weighted by Crippen LogP contribution is -2.41. The Bertz CT molecular complexity index is 1420. The van der Waals surface area contributed by atoms with Crippen molar-refractivity contribution in [3.05, 3.63) is 95.6 Å². The third kappa shape index (κ3) is 7.16. The summed E-state index contributed by atoms with van der Waals surface area (Å²) < 4.78 is 35.3. The van der Waals surface area contributed by atoms with Gasteiger partial charge in [-0.1, -0.05) is 54.6 Å². The van der Waals surface area contributed by atoms with Crippen LogP contribution >= 0.6 is 0 Å². The molecular weight excluding hydrogens is 530 g/mol. The van der Waals surface area contributed by atoms with Crippen LogP contribution in [0.4, 0.5) is 0 Å². The smallest absolute Gasteiger partial charge is 0.132 e. The molecule has 1 N–H and O–H groups in total. The van der Waals surface area contributed by atoms with Crippen LogP contribution in [0, 0.1) is 0 Å². The highest BCUT2D eigenvalue weighted by Gasteiger charge is 2.28. The van der Waals surface area contributed by atoms with Crippen molar-refractivity contribution in [2.75, 3.05) is 47.6 Å². The van der Waals surface area contributed by atoms with E-state index in [1.165, 1.54) is 5.56 Å². The molecule has 1 fully saturated rings. The van der Waals surface area contributed by atoms with E-state index in [4.69, 9.17) is 28.4 Å². The molecule has 0 radical (unpaired) electrons. The molecule has 4 aromatic carbocycles. The van der Waals surface area contributed by atoms with Crippen LogP contribution in [0.3, 0.4) is 0 Å². The Labute approximate surface area is 248 Å². The molecule has 2 unspecified atom stereocenters. The number of para-hydroxylation sites is 1. The molecule has 0 aromatic heterocycles. The Kier molecular flexibility index (Phi) is 10.5. The first kappa shape index (κ1) is 29.7. The minimum absolute atomic E-state index is 0.0353. The van der Waals surface area contributed by atoms with Gasteiger partial charge in [-0.25, -0.2) is 0 Å². The highest BCUT2D eigenvalue weighted by atomic mass is 16.5. The molecule has 7 heteroatoms. The molecular formula is C35H41NO6. The third-order valence-electron chi connectivity index (χ3n) is 7.80. The number of methoxy groups -OCH3 is 3. The topological polar surface area (TPSA) is 67.4 Å². The lowest BCUT2D eigenvalue weighted by atomic mass is 9.87. The van der Waals surface area contributed by atoms with Gasteiger partial charge in [-0.2, -0.15) is 0 Å². The van der Waals surface area contributed by atoms with Crippen molar-refractivity contribution >= 4 is 10.8 Å². The Balaban J connectivity index is 1.14. The summed E-state index contributed by atoms with van der Waals surface area (Å²) in [7, 11) is 5.09. The van der Waals surface area contributed by atoms with Gasteiger partial charge < -0.3 is 33.7 Å². The van der Waals surface area contributed by atoms with Crippen LogP contribution in [0.15, 0.2) is 78.9 Å². The first-order valence-corrected chi connectivity index (χ1v) is 14.6. The molecule has 4 aromatic rings. The van der Waals surface area contributed by atoms with Crippen molar-refractivity contribution in [3.63, 3.8) is 0 Å². The van der Waals surface area contributed by atoms with E-state index in [0.29, 0.717) is 26.4 Å². The van der Waals surface area contributed by atoms with Gasteiger partial charge in [-0.3, -0.25) is 0 Å². The first-order chi connectivity index (χ1) is 20.7. The van der Waals surface area contributed by atoms with Gasteiger partial charge in [0.05, 0.1) is 53.9 Å². The first-order valence-electron chi connectivity index (χ1n) is 14.6. The number of nitrogens with one attached hydrogen (secondary N) is 1. The molecule has 1 heterocycles. The fraction of sp³-hybridized carbons (Fsp3) is 0.371. The molecule has 0 bridgehead atoms. The van der Waals surface area contributed by atoms with Crippen LogP contribution in [0.2, 0.25) is 0 Å². The molecule has 2 atom stereocenters. The molecule has 1 aliphatic rings. The summed E-state index contributed by atoms with van der Waals surface area (Å²) in [5.41, 5.74) is 3.29. The van der Waals surface area contributed by atoms with Gasteiger partial charge in [0, 0.05) is 40.8 Å². The van der Waals surface area contributed by atoms with Gasteiger partial charge in [0.15, 0.2) is 0 Å². The Morgan fingerprint density at radius 2 is 1.50 bits per heavy atom. The zero-order chi connectivity index (χ0) is 29.1. The summed E-state index contributed by atoms with van der Waals surface area (Å²) in [6, 6.07) is 26.5. The van der Waals surface area contributed by atoms with Crippen LogP contribution in [0.5, 0.6) is 23.0 Å². The number of benzene rings is 4. The summed E-state index contributed by atoms with van der Waals surface area (Å²) >= 11 is 0. The molecule has 0 amide bonds. The minimum Gasteiger partial charge on any atom is -0.496 e. The number of piperidine rings is 1. The second-order valence-corrected chi connectivity index (χ2v) is 10.4. The van der Waals surface area contributed by atoms with Crippen LogP contribution in [0.1, 0.15) is 35.4 Å². The predicted octanol–water partition coefficient (Wildman–Crippen LogP) is 6.51. The van der Waals surface area contributed by atoms with Crippen molar-refractivity contribution in [3.8, 4) is 23.0 Å². The monoisotopic (exact) mass is 571 g/mol. The largest absolute Gasteiger partial charge is 0.496 e. The quantitative estimate of drug-likeness (QED) is 0.173. The fourth-order valence-corrected chi connectivity index (χ4v) is 5.64. The van der Waals surface area contributed by atoms with Crippen molar-refractivity contribution < 1.29 is 28.4 Å². The van der Waals surface area contributed by atoms with E-state index in [1.54, 1.807) is 21.3 Å². The predicted molar refractivity (Wildman–Crippen MR) is 165 cm³/mol. The van der Waals surface area contributed by atoms with Gasteiger partial charge in [-0.05, 0) is 42.8 Å². The van der Waals surface area contributed by atoms with E-state index in [2.05, 4.69) is 35.6 Å². The maximum Gasteiger partial charge on any atom is 0.132 e. The number of fused-ring (bicyclic) bond motifs is 1. The van der Waals surface area contributed by atoms with E-state index >= 15 is 0 Å². The van der Waals surface area contributed by atoms with E-state index in [1.807, 2.05) is 48.5 Å². The number of hydrogen-bond acceptors (Lipinski definition) is 7. The summed E-state index contributed by atoms with van der Waals surface area (Å²) in [5, 5.41) is 5.55. The maximum atomic E-state index is 6.56. The van der Waals surface area contributed by atoms with Crippen molar-refractivity contribution in [1.29, 1.82) is 0 Å². The van der Waals surface area contributed by atoms with Crippen molar-refractivity contribution in [1.82, 2.24) is 5.32 Å². The molecule has 7 nitrogen and oxygen atoms in total. The van der Waals surface area contributed by atoms with Gasteiger partial charge >= 0.3 is 0 Å². The molecule has 0 aliphatic carbocycles. The molecule has 5 rings (SSSR count). The second kappa shape index (κ2) is 14.9. The average Bonchev–Trinajstić information content (AvgIpc) is 3.05. The Hall–Kier alpha value is -3.78. The summed E-state index contributed by atoms with van der Waals surface area (Å²) in [4.78, 5) is 0. The lowest BCUT2D eigenvalue weighted by molar-refractivity contribution is 0.00983.